The van der Waals surface area contributed by atoms with Crippen molar-refractivity contribution >= 4 is 29.3 Å². The standard InChI is InChI=1S/C25H26N4O5S/c1-5-19(30)29-17-13-9-8-11-15(17)21-23(26-25(35-4)28-27-21)34-24(29)16-12-10-14-18(32-7-3)22(16)33-20(31)6-2/h8-14,24H,5-7H2,1-4H3. The van der Waals surface area contributed by atoms with Crippen molar-refractivity contribution in [1.82, 2.24) is 15.2 Å². The first-order valence-corrected chi connectivity index (χ1v) is 12.6. The molecule has 3 aromatic rings. The number of nitrogens with zero attached hydrogens (tertiary/aromatic N) is 4. The van der Waals surface area contributed by atoms with Crippen LogP contribution in [0.25, 0.3) is 11.3 Å². The molecule has 0 fully saturated rings. The molecule has 1 aromatic heterocycles. The van der Waals surface area contributed by atoms with Gasteiger partial charge in [0.1, 0.15) is 0 Å². The van der Waals surface area contributed by atoms with E-state index in [2.05, 4.69) is 15.2 Å². The van der Waals surface area contributed by atoms with E-state index in [9.17, 15) is 9.59 Å². The van der Waals surface area contributed by atoms with Gasteiger partial charge < -0.3 is 14.2 Å². The molecule has 2 aromatic carbocycles. The van der Waals surface area contributed by atoms with Crippen molar-refractivity contribution in [2.24, 2.45) is 0 Å². The Morgan fingerprint density at radius 2 is 1.86 bits per heavy atom. The van der Waals surface area contributed by atoms with E-state index in [0.717, 1.165) is 0 Å². The van der Waals surface area contributed by atoms with E-state index in [1.54, 1.807) is 36.9 Å². The monoisotopic (exact) mass is 494 g/mol. The highest BCUT2D eigenvalue weighted by Crippen LogP contribution is 2.46. The second-order valence-electron chi connectivity index (χ2n) is 7.49. The van der Waals surface area contributed by atoms with Gasteiger partial charge in [0.2, 0.25) is 23.2 Å². The van der Waals surface area contributed by atoms with E-state index in [1.165, 1.54) is 11.8 Å². The molecule has 0 bridgehead atoms. The van der Waals surface area contributed by atoms with Gasteiger partial charge in [0, 0.05) is 18.4 Å². The topological polar surface area (TPSA) is 104 Å². The van der Waals surface area contributed by atoms with Gasteiger partial charge in [-0.1, -0.05) is 49.9 Å². The lowest BCUT2D eigenvalue weighted by molar-refractivity contribution is -0.134. The molecule has 0 spiro atoms. The lowest BCUT2D eigenvalue weighted by Crippen LogP contribution is -2.37. The normalized spacial score (nSPS) is 14.3. The molecule has 1 aliphatic heterocycles. The molecule has 1 amide bonds. The van der Waals surface area contributed by atoms with Crippen molar-refractivity contribution in [2.75, 3.05) is 17.8 Å². The summed E-state index contributed by atoms with van der Waals surface area (Å²) in [6.07, 6.45) is 1.22. The van der Waals surface area contributed by atoms with Crippen molar-refractivity contribution in [3.05, 3.63) is 48.0 Å². The summed E-state index contributed by atoms with van der Waals surface area (Å²) in [5.74, 6) is 0.177. The maximum absolute atomic E-state index is 13.4. The highest BCUT2D eigenvalue weighted by atomic mass is 32.2. The van der Waals surface area contributed by atoms with Gasteiger partial charge in [0.05, 0.1) is 17.9 Å². The van der Waals surface area contributed by atoms with Crippen LogP contribution in [0.15, 0.2) is 47.6 Å². The summed E-state index contributed by atoms with van der Waals surface area (Å²) in [4.78, 5) is 31.8. The Kier molecular flexibility index (Phi) is 7.50. The number of esters is 1. The maximum atomic E-state index is 13.4. The number of hydrogen-bond acceptors (Lipinski definition) is 9. The molecule has 0 saturated carbocycles. The average Bonchev–Trinajstić information content (AvgIpc) is 3.03. The second-order valence-corrected chi connectivity index (χ2v) is 8.27. The van der Waals surface area contributed by atoms with E-state index in [-0.39, 0.29) is 30.4 Å². The molecule has 4 rings (SSSR count). The Morgan fingerprint density at radius 1 is 1.06 bits per heavy atom. The Hall–Kier alpha value is -3.66. The van der Waals surface area contributed by atoms with Crippen LogP contribution in [-0.2, 0) is 9.59 Å². The molecule has 0 aliphatic carbocycles. The van der Waals surface area contributed by atoms with Crippen LogP contribution >= 0.6 is 11.8 Å². The fourth-order valence-electron chi connectivity index (χ4n) is 3.73. The molecule has 1 unspecified atom stereocenters. The molecule has 35 heavy (non-hydrogen) atoms. The number of anilines is 1. The lowest BCUT2D eigenvalue weighted by Gasteiger charge is -2.31. The van der Waals surface area contributed by atoms with Crippen molar-refractivity contribution in [1.29, 1.82) is 0 Å². The van der Waals surface area contributed by atoms with Crippen LogP contribution in [0.1, 0.15) is 45.4 Å². The molecular weight excluding hydrogens is 468 g/mol. The number of carbonyl (C=O) groups excluding carboxylic acids is 2. The van der Waals surface area contributed by atoms with Crippen molar-refractivity contribution in [3.8, 4) is 28.6 Å². The van der Waals surface area contributed by atoms with Crippen molar-refractivity contribution in [3.63, 3.8) is 0 Å². The smallest absolute Gasteiger partial charge is 0.311 e. The largest absolute Gasteiger partial charge is 0.490 e. The summed E-state index contributed by atoms with van der Waals surface area (Å²) in [6, 6.07) is 12.6. The summed E-state index contributed by atoms with van der Waals surface area (Å²) in [5.41, 5.74) is 2.12. The number of thioether (sulfide) groups is 1. The molecule has 2 heterocycles. The Morgan fingerprint density at radius 3 is 2.57 bits per heavy atom. The summed E-state index contributed by atoms with van der Waals surface area (Å²) in [7, 11) is 0. The number of para-hydroxylation sites is 2. The Labute approximate surface area is 207 Å². The molecule has 0 N–H and O–H groups in total. The minimum absolute atomic E-state index is 0.170. The molecule has 1 aliphatic rings. The Balaban J connectivity index is 1.99. The number of benzene rings is 2. The number of hydrogen-bond donors (Lipinski definition) is 0. The van der Waals surface area contributed by atoms with Crippen LogP contribution in [0.5, 0.6) is 17.4 Å². The summed E-state index contributed by atoms with van der Waals surface area (Å²) >= 11 is 1.33. The molecule has 10 heteroatoms. The molecule has 0 radical (unpaired) electrons. The van der Waals surface area contributed by atoms with E-state index >= 15 is 0 Å². The first-order valence-electron chi connectivity index (χ1n) is 11.3. The first kappa shape index (κ1) is 24.5. The predicted molar refractivity (Wildman–Crippen MR) is 132 cm³/mol. The third-order valence-corrected chi connectivity index (χ3v) is 5.88. The number of amides is 1. The van der Waals surface area contributed by atoms with Crippen LogP contribution in [0.4, 0.5) is 5.69 Å². The maximum Gasteiger partial charge on any atom is 0.311 e. The molecule has 0 saturated heterocycles. The minimum atomic E-state index is -1.00. The van der Waals surface area contributed by atoms with Gasteiger partial charge in [-0.25, -0.2) is 0 Å². The van der Waals surface area contributed by atoms with Crippen LogP contribution < -0.4 is 19.1 Å². The highest BCUT2D eigenvalue weighted by Gasteiger charge is 2.37. The fraction of sp³-hybridized carbons (Fsp3) is 0.320. The molecule has 1 atom stereocenters. The van der Waals surface area contributed by atoms with Crippen LogP contribution in [0.2, 0.25) is 0 Å². The number of ether oxygens (including phenoxy) is 3. The number of aromatic nitrogens is 3. The second kappa shape index (κ2) is 10.7. The summed E-state index contributed by atoms with van der Waals surface area (Å²) < 4.78 is 17.9. The van der Waals surface area contributed by atoms with Crippen LogP contribution in [0.3, 0.4) is 0 Å². The van der Waals surface area contributed by atoms with Crippen LogP contribution in [0, 0.1) is 0 Å². The van der Waals surface area contributed by atoms with Crippen molar-refractivity contribution in [2.45, 2.75) is 45.0 Å². The van der Waals surface area contributed by atoms with Gasteiger partial charge in [-0.15, -0.1) is 10.2 Å². The zero-order valence-corrected chi connectivity index (χ0v) is 20.8. The van der Waals surface area contributed by atoms with Crippen LogP contribution in [-0.4, -0.2) is 39.9 Å². The number of rotatable bonds is 7. The molecule has 9 nitrogen and oxygen atoms in total. The highest BCUT2D eigenvalue weighted by molar-refractivity contribution is 7.98. The SMILES string of the molecule is CCOc1cccc(C2Oc3nc(SC)nnc3-c3ccccc3N2C(=O)CC)c1OC(=O)CC. The summed E-state index contributed by atoms with van der Waals surface area (Å²) in [5, 5.41) is 8.97. The predicted octanol–water partition coefficient (Wildman–Crippen LogP) is 4.81. The van der Waals surface area contributed by atoms with E-state index in [4.69, 9.17) is 14.2 Å². The van der Waals surface area contributed by atoms with E-state index in [0.29, 0.717) is 40.0 Å². The average molecular weight is 495 g/mol. The van der Waals surface area contributed by atoms with E-state index in [1.807, 2.05) is 37.4 Å². The lowest BCUT2D eigenvalue weighted by atomic mass is 10.1. The summed E-state index contributed by atoms with van der Waals surface area (Å²) in [6.45, 7) is 5.69. The van der Waals surface area contributed by atoms with Gasteiger partial charge in [0.25, 0.3) is 0 Å². The third kappa shape index (κ3) is 4.79. The molecular formula is C25H26N4O5S. The fourth-order valence-corrected chi connectivity index (χ4v) is 4.03. The minimum Gasteiger partial charge on any atom is -0.490 e. The molecule has 182 valence electrons. The quantitative estimate of drug-likeness (QED) is 0.260. The zero-order chi connectivity index (χ0) is 24.9. The van der Waals surface area contributed by atoms with Gasteiger partial charge in [-0.3, -0.25) is 14.5 Å². The van der Waals surface area contributed by atoms with E-state index < -0.39 is 12.2 Å². The Bertz CT molecular complexity index is 1250. The van der Waals surface area contributed by atoms with Gasteiger partial charge in [-0.2, -0.15) is 4.98 Å². The number of carbonyl (C=O) groups is 2. The zero-order valence-electron chi connectivity index (χ0n) is 20.0. The third-order valence-electron chi connectivity index (χ3n) is 5.35. The van der Waals surface area contributed by atoms with Crippen molar-refractivity contribution < 1.29 is 23.8 Å². The number of fused-ring (bicyclic) bond motifs is 3. The van der Waals surface area contributed by atoms with Gasteiger partial charge in [0.15, 0.2) is 17.2 Å². The first-order chi connectivity index (χ1) is 17.0. The van der Waals surface area contributed by atoms with Gasteiger partial charge >= 0.3 is 5.97 Å². The van der Waals surface area contributed by atoms with Gasteiger partial charge in [-0.05, 0) is 31.4 Å².